The molecule has 2 saturated heterocycles. The van der Waals surface area contributed by atoms with Crippen LogP contribution < -0.4 is 4.90 Å². The molecule has 26 heavy (non-hydrogen) atoms. The highest BCUT2D eigenvalue weighted by molar-refractivity contribution is 7.89. The summed E-state index contributed by atoms with van der Waals surface area (Å²) in [4.78, 5) is 16.2. The van der Waals surface area contributed by atoms with Gasteiger partial charge in [-0.05, 0) is 36.1 Å². The molecule has 1 amide bonds. The van der Waals surface area contributed by atoms with Crippen LogP contribution in [0.3, 0.4) is 0 Å². The fraction of sp³-hybridized carbons (Fsp3) is 0.632. The zero-order valence-corrected chi connectivity index (χ0v) is 16.8. The highest BCUT2D eigenvalue weighted by atomic mass is 32.2. The Balaban J connectivity index is 1.66. The number of benzene rings is 1. The maximum atomic E-state index is 12.9. The van der Waals surface area contributed by atoms with Crippen molar-refractivity contribution in [3.05, 3.63) is 24.3 Å². The Hall–Kier alpha value is -1.44. The Morgan fingerprint density at radius 3 is 2.08 bits per heavy atom. The van der Waals surface area contributed by atoms with Gasteiger partial charge in [0.2, 0.25) is 15.9 Å². The molecule has 144 valence electrons. The van der Waals surface area contributed by atoms with Crippen molar-refractivity contribution in [1.29, 1.82) is 0 Å². The fourth-order valence-corrected chi connectivity index (χ4v) is 5.09. The normalized spacial score (nSPS) is 20.7. The van der Waals surface area contributed by atoms with Crippen LogP contribution in [0.2, 0.25) is 0 Å². The second-order valence-electron chi connectivity index (χ2n) is 8.38. The molecule has 0 bridgehead atoms. The summed E-state index contributed by atoms with van der Waals surface area (Å²) in [6.45, 7) is 10.8. The van der Waals surface area contributed by atoms with Gasteiger partial charge in [-0.2, -0.15) is 4.31 Å². The first kappa shape index (κ1) is 19.3. The molecule has 1 aromatic rings. The third-order valence-electron chi connectivity index (χ3n) is 4.89. The molecule has 0 unspecified atom stereocenters. The van der Waals surface area contributed by atoms with Crippen LogP contribution in [0.1, 0.15) is 33.6 Å². The summed E-state index contributed by atoms with van der Waals surface area (Å²) in [7, 11) is -3.48. The molecular formula is C19H29N3O3S. The predicted octanol–water partition coefficient (Wildman–Crippen LogP) is 2.17. The molecule has 7 heteroatoms. The smallest absolute Gasteiger partial charge is 0.243 e. The van der Waals surface area contributed by atoms with E-state index in [0.717, 1.165) is 31.7 Å². The first-order chi connectivity index (χ1) is 12.2. The molecule has 3 rings (SSSR count). The second-order valence-corrected chi connectivity index (χ2v) is 10.3. The predicted molar refractivity (Wildman–Crippen MR) is 103 cm³/mol. The Morgan fingerprint density at radius 1 is 0.962 bits per heavy atom. The lowest BCUT2D eigenvalue weighted by molar-refractivity contribution is -0.117. The van der Waals surface area contributed by atoms with Gasteiger partial charge < -0.3 is 9.80 Å². The fourth-order valence-electron chi connectivity index (χ4n) is 3.67. The maximum absolute atomic E-state index is 12.9. The van der Waals surface area contributed by atoms with Crippen molar-refractivity contribution < 1.29 is 13.2 Å². The van der Waals surface area contributed by atoms with Crippen LogP contribution in [0.25, 0.3) is 0 Å². The minimum absolute atomic E-state index is 0.107. The van der Waals surface area contributed by atoms with Gasteiger partial charge in [-0.15, -0.1) is 0 Å². The van der Waals surface area contributed by atoms with Crippen LogP contribution in [0, 0.1) is 5.41 Å². The standard InChI is InChI=1S/C19H29N3O3S/c1-19(2,3)15-20-11-13-21(14-12-20)26(24,25)17-8-6-16(7-9-17)22-10-4-5-18(22)23/h6-9H,4-5,10-15H2,1-3H3. The van der Waals surface area contributed by atoms with E-state index in [9.17, 15) is 13.2 Å². The summed E-state index contributed by atoms with van der Waals surface area (Å²) in [6.07, 6.45) is 1.43. The van der Waals surface area contributed by atoms with Crippen molar-refractivity contribution in [2.45, 2.75) is 38.5 Å². The minimum atomic E-state index is -3.48. The molecule has 1 aromatic carbocycles. The quantitative estimate of drug-likeness (QED) is 0.804. The molecule has 2 heterocycles. The van der Waals surface area contributed by atoms with Crippen LogP contribution in [-0.2, 0) is 14.8 Å². The third kappa shape index (κ3) is 4.27. The lowest BCUT2D eigenvalue weighted by Crippen LogP contribution is -2.50. The van der Waals surface area contributed by atoms with Crippen molar-refractivity contribution in [2.75, 3.05) is 44.2 Å². The van der Waals surface area contributed by atoms with Crippen LogP contribution in [0.15, 0.2) is 29.2 Å². The van der Waals surface area contributed by atoms with Gasteiger partial charge in [0.1, 0.15) is 0 Å². The highest BCUT2D eigenvalue weighted by Crippen LogP contribution is 2.25. The van der Waals surface area contributed by atoms with Gasteiger partial charge in [-0.3, -0.25) is 4.79 Å². The maximum Gasteiger partial charge on any atom is 0.243 e. The van der Waals surface area contributed by atoms with Crippen LogP contribution >= 0.6 is 0 Å². The molecule has 0 radical (unpaired) electrons. The number of carbonyl (C=O) groups excluding carboxylic acids is 1. The first-order valence-electron chi connectivity index (χ1n) is 9.30. The number of rotatable bonds is 4. The molecule has 2 fully saturated rings. The molecule has 2 aliphatic rings. The summed E-state index contributed by atoms with van der Waals surface area (Å²) in [5, 5.41) is 0. The number of hydrogen-bond donors (Lipinski definition) is 0. The molecule has 6 nitrogen and oxygen atoms in total. The molecule has 0 aliphatic carbocycles. The van der Waals surface area contributed by atoms with Crippen LogP contribution in [0.4, 0.5) is 5.69 Å². The van der Waals surface area contributed by atoms with E-state index in [-0.39, 0.29) is 11.3 Å². The van der Waals surface area contributed by atoms with Gasteiger partial charge in [0.25, 0.3) is 0 Å². The van der Waals surface area contributed by atoms with E-state index in [0.29, 0.717) is 31.0 Å². The second kappa shape index (κ2) is 7.29. The average Bonchev–Trinajstić information content (AvgIpc) is 3.00. The first-order valence-corrected chi connectivity index (χ1v) is 10.7. The number of hydrogen-bond acceptors (Lipinski definition) is 4. The minimum Gasteiger partial charge on any atom is -0.312 e. The summed E-state index contributed by atoms with van der Waals surface area (Å²) < 4.78 is 27.4. The zero-order valence-electron chi connectivity index (χ0n) is 15.9. The summed E-state index contributed by atoms with van der Waals surface area (Å²) >= 11 is 0. The largest absolute Gasteiger partial charge is 0.312 e. The lowest BCUT2D eigenvalue weighted by atomic mass is 9.96. The number of amides is 1. The van der Waals surface area contributed by atoms with E-state index in [2.05, 4.69) is 25.7 Å². The molecule has 0 atom stereocenters. The number of anilines is 1. The average molecular weight is 380 g/mol. The topological polar surface area (TPSA) is 60.9 Å². The molecular weight excluding hydrogens is 350 g/mol. The third-order valence-corrected chi connectivity index (χ3v) is 6.80. The van der Waals surface area contributed by atoms with Crippen molar-refractivity contribution >= 4 is 21.6 Å². The number of piperazine rings is 1. The summed E-state index contributed by atoms with van der Waals surface area (Å²) in [5.74, 6) is 0.107. The summed E-state index contributed by atoms with van der Waals surface area (Å²) in [5.41, 5.74) is 0.991. The Morgan fingerprint density at radius 2 is 1.58 bits per heavy atom. The van der Waals surface area contributed by atoms with Gasteiger partial charge in [0.15, 0.2) is 0 Å². The van der Waals surface area contributed by atoms with Crippen LogP contribution in [-0.4, -0.2) is 62.8 Å². The molecule has 0 N–H and O–H groups in total. The molecule has 0 saturated carbocycles. The Labute approximate surface area is 156 Å². The van der Waals surface area contributed by atoms with E-state index < -0.39 is 10.0 Å². The number of sulfonamides is 1. The van der Waals surface area contributed by atoms with Gasteiger partial charge in [-0.25, -0.2) is 8.42 Å². The van der Waals surface area contributed by atoms with Crippen molar-refractivity contribution in [2.24, 2.45) is 5.41 Å². The SMILES string of the molecule is CC(C)(C)CN1CCN(S(=O)(=O)c2ccc(N3CCCC3=O)cc2)CC1. The highest BCUT2D eigenvalue weighted by Gasteiger charge is 2.30. The van der Waals surface area contributed by atoms with E-state index in [1.54, 1.807) is 33.5 Å². The number of carbonyl (C=O) groups is 1. The summed E-state index contributed by atoms with van der Waals surface area (Å²) in [6, 6.07) is 6.73. The lowest BCUT2D eigenvalue weighted by Gasteiger charge is -2.37. The van der Waals surface area contributed by atoms with Gasteiger partial charge >= 0.3 is 0 Å². The van der Waals surface area contributed by atoms with Crippen molar-refractivity contribution in [3.63, 3.8) is 0 Å². The zero-order chi connectivity index (χ0) is 18.9. The van der Waals surface area contributed by atoms with Gasteiger partial charge in [0, 0.05) is 51.4 Å². The molecule has 0 aromatic heterocycles. The van der Waals surface area contributed by atoms with Crippen molar-refractivity contribution in [1.82, 2.24) is 9.21 Å². The van der Waals surface area contributed by atoms with E-state index in [1.165, 1.54) is 0 Å². The van der Waals surface area contributed by atoms with E-state index in [1.807, 2.05) is 0 Å². The monoisotopic (exact) mass is 379 g/mol. The number of nitrogens with zero attached hydrogens (tertiary/aromatic N) is 3. The van der Waals surface area contributed by atoms with Crippen LogP contribution in [0.5, 0.6) is 0 Å². The Kier molecular flexibility index (Phi) is 5.42. The van der Waals surface area contributed by atoms with E-state index in [4.69, 9.17) is 0 Å². The van der Waals surface area contributed by atoms with Gasteiger partial charge in [-0.1, -0.05) is 20.8 Å². The van der Waals surface area contributed by atoms with E-state index >= 15 is 0 Å². The Bertz CT molecular complexity index is 745. The molecule has 2 aliphatic heterocycles. The molecule has 0 spiro atoms. The van der Waals surface area contributed by atoms with Gasteiger partial charge in [0.05, 0.1) is 4.90 Å². The van der Waals surface area contributed by atoms with Crippen molar-refractivity contribution in [3.8, 4) is 0 Å².